The minimum Gasteiger partial charge on any atom is -0.508 e. The number of nitrogens with two attached hydrogens (primary N) is 1. The maximum Gasteiger partial charge on any atom is 0.255 e. The lowest BCUT2D eigenvalue weighted by Gasteiger charge is -2.52. The van der Waals surface area contributed by atoms with Gasteiger partial charge in [-0.3, -0.25) is 19.3 Å². The van der Waals surface area contributed by atoms with Crippen molar-refractivity contribution in [1.29, 1.82) is 0 Å². The molecule has 3 unspecified atom stereocenters. The fourth-order valence-corrected chi connectivity index (χ4v) is 5.48. The van der Waals surface area contributed by atoms with Gasteiger partial charge < -0.3 is 26.2 Å². The largest absolute Gasteiger partial charge is 0.508 e. The monoisotopic (exact) mass is 428 g/mol. The van der Waals surface area contributed by atoms with E-state index in [-0.39, 0.29) is 16.9 Å². The zero-order chi connectivity index (χ0) is 23.0. The summed E-state index contributed by atoms with van der Waals surface area (Å²) >= 11 is 0. The lowest BCUT2D eigenvalue weighted by atomic mass is 9.56. The molecule has 1 aromatic carbocycles. The molecule has 0 bridgehead atoms. The average molecular weight is 428 g/mol. The summed E-state index contributed by atoms with van der Waals surface area (Å²) in [5.74, 6) is -6.36. The van der Waals surface area contributed by atoms with Crippen molar-refractivity contribution in [2.45, 2.75) is 30.6 Å². The highest BCUT2D eigenvalue weighted by Crippen LogP contribution is 2.53. The number of phenols is 1. The minimum atomic E-state index is -2.38. The molecule has 6 N–H and O–H groups in total. The molecule has 0 saturated carbocycles. The Labute approximate surface area is 178 Å². The van der Waals surface area contributed by atoms with Crippen molar-refractivity contribution in [2.75, 3.05) is 14.1 Å². The molecule has 0 heterocycles. The lowest BCUT2D eigenvalue weighted by Crippen LogP contribution is -2.66. The van der Waals surface area contributed by atoms with Gasteiger partial charge in [-0.2, -0.15) is 0 Å². The second kappa shape index (κ2) is 6.74. The van der Waals surface area contributed by atoms with Crippen LogP contribution in [-0.2, 0) is 9.59 Å². The van der Waals surface area contributed by atoms with Gasteiger partial charge in [0.25, 0.3) is 5.91 Å². The van der Waals surface area contributed by atoms with Gasteiger partial charge in [0.2, 0.25) is 0 Å². The highest BCUT2D eigenvalue weighted by atomic mass is 16.3. The number of carbonyl (C=O) groups excluding carboxylic acids is 3. The highest BCUT2D eigenvalue weighted by Gasteiger charge is 2.62. The zero-order valence-corrected chi connectivity index (χ0v) is 17.2. The Hall–Kier alpha value is -3.01. The maximum atomic E-state index is 13.3. The molecule has 3 aliphatic rings. The molecule has 0 saturated heterocycles. The molecule has 0 fully saturated rings. The van der Waals surface area contributed by atoms with Gasteiger partial charge in [-0.15, -0.1) is 0 Å². The molecule has 31 heavy (non-hydrogen) atoms. The molecule has 0 radical (unpaired) electrons. The fraction of sp³-hybridized carbons (Fsp3) is 0.409. The van der Waals surface area contributed by atoms with Crippen LogP contribution in [0.3, 0.4) is 0 Å². The van der Waals surface area contributed by atoms with Crippen LogP contribution < -0.4 is 5.73 Å². The summed E-state index contributed by atoms with van der Waals surface area (Å²) in [6, 6.07) is 3.47. The van der Waals surface area contributed by atoms with E-state index in [1.165, 1.54) is 11.0 Å². The van der Waals surface area contributed by atoms with Crippen molar-refractivity contribution in [3.63, 3.8) is 0 Å². The second-order valence-corrected chi connectivity index (χ2v) is 8.69. The van der Waals surface area contributed by atoms with E-state index in [2.05, 4.69) is 0 Å². The van der Waals surface area contributed by atoms with Gasteiger partial charge in [-0.25, -0.2) is 0 Å². The standard InChI is InChI=1S/C22H24N2O7/c1-8-9-5-4-6-11(25)13(9)17(26)10-7-22(31)15(18(27)12(8)10)16(24(2)3)19(28)14(20(22)29)21(23)30/h4-8,12,15-16,18,25,27,29,31H,1-3H3,(H2,23,30)/t8-,12?,15?,16-,18?,22+/m0/s1. The summed E-state index contributed by atoms with van der Waals surface area (Å²) < 4.78 is 0. The highest BCUT2D eigenvalue weighted by molar-refractivity contribution is 6.22. The van der Waals surface area contributed by atoms with Crippen molar-refractivity contribution in [1.82, 2.24) is 4.90 Å². The van der Waals surface area contributed by atoms with Gasteiger partial charge in [0.15, 0.2) is 11.6 Å². The molecular formula is C22H24N2O7. The number of aliphatic hydroxyl groups is 3. The van der Waals surface area contributed by atoms with Gasteiger partial charge in [-0.05, 0) is 37.7 Å². The van der Waals surface area contributed by atoms with Crippen LogP contribution in [0.2, 0.25) is 0 Å². The lowest BCUT2D eigenvalue weighted by molar-refractivity contribution is -0.143. The van der Waals surface area contributed by atoms with Crippen LogP contribution in [0.4, 0.5) is 0 Å². The minimum absolute atomic E-state index is 0.00465. The first-order chi connectivity index (χ1) is 14.4. The average Bonchev–Trinajstić information content (AvgIpc) is 2.67. The molecule has 9 heteroatoms. The van der Waals surface area contributed by atoms with Gasteiger partial charge in [-0.1, -0.05) is 19.1 Å². The van der Waals surface area contributed by atoms with E-state index in [4.69, 9.17) is 5.73 Å². The summed E-state index contributed by atoms with van der Waals surface area (Å²) in [5, 5.41) is 43.9. The summed E-state index contributed by atoms with van der Waals surface area (Å²) in [4.78, 5) is 39.6. The van der Waals surface area contributed by atoms with E-state index < -0.39 is 64.3 Å². The van der Waals surface area contributed by atoms with Crippen molar-refractivity contribution in [3.05, 3.63) is 52.3 Å². The Kier molecular flexibility index (Phi) is 4.62. The van der Waals surface area contributed by atoms with Gasteiger partial charge in [0.1, 0.15) is 22.7 Å². The van der Waals surface area contributed by atoms with E-state index >= 15 is 0 Å². The summed E-state index contributed by atoms with van der Waals surface area (Å²) in [6.07, 6.45) is -0.322. The summed E-state index contributed by atoms with van der Waals surface area (Å²) in [5.41, 5.74) is 2.75. The molecule has 9 nitrogen and oxygen atoms in total. The van der Waals surface area contributed by atoms with Crippen LogP contribution in [-0.4, -0.2) is 74.6 Å². The van der Waals surface area contributed by atoms with Crippen molar-refractivity contribution in [2.24, 2.45) is 17.6 Å². The van der Waals surface area contributed by atoms with E-state index in [1.807, 2.05) is 0 Å². The first kappa shape index (κ1) is 21.2. The number of aliphatic hydroxyl groups excluding tert-OH is 2. The van der Waals surface area contributed by atoms with Crippen LogP contribution in [0.15, 0.2) is 41.2 Å². The fourth-order valence-electron chi connectivity index (χ4n) is 5.48. The number of ketones is 2. The number of phenolic OH excluding ortho intramolecular Hbond substituents is 1. The normalized spacial score (nSPS) is 34.8. The predicted octanol–water partition coefficient (Wildman–Crippen LogP) is -0.233. The van der Waals surface area contributed by atoms with Crippen molar-refractivity contribution >= 4 is 17.5 Å². The third-order valence-electron chi connectivity index (χ3n) is 6.85. The van der Waals surface area contributed by atoms with E-state index in [9.17, 15) is 34.8 Å². The van der Waals surface area contributed by atoms with Crippen LogP contribution in [0.5, 0.6) is 5.75 Å². The topological polar surface area (TPSA) is 161 Å². The number of hydrogen-bond acceptors (Lipinski definition) is 8. The molecule has 1 amide bonds. The van der Waals surface area contributed by atoms with Gasteiger partial charge in [0, 0.05) is 17.4 Å². The number of Topliss-reactive ketones (excluding diaryl/α,β-unsaturated/α-hetero) is 2. The first-order valence-electron chi connectivity index (χ1n) is 9.87. The molecule has 164 valence electrons. The Balaban J connectivity index is 2.02. The number of aromatic hydroxyl groups is 1. The Morgan fingerprint density at radius 3 is 2.42 bits per heavy atom. The number of hydrogen-bond donors (Lipinski definition) is 5. The van der Waals surface area contributed by atoms with E-state index in [0.717, 1.165) is 6.08 Å². The quantitative estimate of drug-likeness (QED) is 0.404. The Bertz CT molecular complexity index is 1090. The number of nitrogens with zero attached hydrogens (tertiary/aromatic N) is 1. The molecule has 0 spiro atoms. The van der Waals surface area contributed by atoms with E-state index in [0.29, 0.717) is 5.56 Å². The number of likely N-dealkylation sites (N-methyl/N-ethyl adjacent to an activating group) is 1. The summed E-state index contributed by atoms with van der Waals surface area (Å²) in [6.45, 7) is 1.77. The van der Waals surface area contributed by atoms with Crippen LogP contribution in [0, 0.1) is 11.8 Å². The Morgan fingerprint density at radius 1 is 1.19 bits per heavy atom. The maximum absolute atomic E-state index is 13.3. The molecular weight excluding hydrogens is 404 g/mol. The predicted molar refractivity (Wildman–Crippen MR) is 108 cm³/mol. The number of rotatable bonds is 2. The Morgan fingerprint density at radius 2 is 1.84 bits per heavy atom. The van der Waals surface area contributed by atoms with Crippen molar-refractivity contribution in [3.8, 4) is 5.75 Å². The van der Waals surface area contributed by atoms with Crippen LogP contribution in [0.1, 0.15) is 28.8 Å². The third-order valence-corrected chi connectivity index (χ3v) is 6.85. The molecule has 0 aliphatic heterocycles. The molecule has 0 aromatic heterocycles. The van der Waals surface area contributed by atoms with Gasteiger partial charge >= 0.3 is 0 Å². The van der Waals surface area contributed by atoms with Crippen LogP contribution >= 0.6 is 0 Å². The van der Waals surface area contributed by atoms with Crippen molar-refractivity contribution < 1.29 is 34.8 Å². The second-order valence-electron chi connectivity index (χ2n) is 8.69. The number of primary amides is 1. The number of amides is 1. The molecule has 4 rings (SSSR count). The number of benzene rings is 1. The zero-order valence-electron chi connectivity index (χ0n) is 17.2. The van der Waals surface area contributed by atoms with Crippen LogP contribution in [0.25, 0.3) is 0 Å². The van der Waals surface area contributed by atoms with Gasteiger partial charge in [0.05, 0.1) is 17.7 Å². The smallest absolute Gasteiger partial charge is 0.255 e. The summed E-state index contributed by atoms with van der Waals surface area (Å²) in [7, 11) is 3.08. The number of carbonyl (C=O) groups is 3. The first-order valence-corrected chi connectivity index (χ1v) is 9.87. The SMILES string of the molecule is C[C@H]1c2cccc(O)c2C(=O)C2=C[C@]3(O)C(O)=C(C(N)=O)C(=O)[C@@H](N(C)C)C3C(O)C21. The molecule has 3 aliphatic carbocycles. The van der Waals surface area contributed by atoms with E-state index in [1.54, 1.807) is 33.2 Å². The third kappa shape index (κ3) is 2.63. The molecule has 1 aromatic rings. The molecule has 6 atom stereocenters. The number of fused-ring (bicyclic) bond motifs is 3.